The van der Waals surface area contributed by atoms with Crippen LogP contribution in [0.2, 0.25) is 0 Å². The fraction of sp³-hybridized carbons (Fsp3) is 0.318. The molecule has 2 aromatic rings. The van der Waals surface area contributed by atoms with Crippen molar-refractivity contribution >= 4 is 29.0 Å². The summed E-state index contributed by atoms with van der Waals surface area (Å²) in [6.07, 6.45) is 3.56. The van der Waals surface area contributed by atoms with Crippen molar-refractivity contribution in [1.82, 2.24) is 0 Å². The summed E-state index contributed by atoms with van der Waals surface area (Å²) in [5.41, 5.74) is 4.50. The zero-order chi connectivity index (χ0) is 19.9. The second-order valence-corrected chi connectivity index (χ2v) is 6.87. The molecule has 0 aromatic heterocycles. The quantitative estimate of drug-likeness (QED) is 0.688. The smallest absolute Gasteiger partial charge is 0.250 e. The summed E-state index contributed by atoms with van der Waals surface area (Å²) in [4.78, 5) is 36.0. The van der Waals surface area contributed by atoms with Crippen molar-refractivity contribution in [1.29, 1.82) is 0 Å². The maximum absolute atomic E-state index is 12.4. The molecule has 6 nitrogen and oxygen atoms in total. The van der Waals surface area contributed by atoms with Crippen molar-refractivity contribution in [3.8, 4) is 0 Å². The number of hydrogen-bond donors (Lipinski definition) is 2. The van der Waals surface area contributed by atoms with Crippen molar-refractivity contribution in [3.05, 3.63) is 59.2 Å². The Kier molecular flexibility index (Phi) is 6.55. The van der Waals surface area contributed by atoms with Gasteiger partial charge in [-0.1, -0.05) is 12.1 Å². The van der Waals surface area contributed by atoms with Crippen LogP contribution < -0.4 is 10.6 Å². The van der Waals surface area contributed by atoms with E-state index in [0.29, 0.717) is 16.9 Å². The lowest BCUT2D eigenvalue weighted by atomic mass is 10.0. The number of aryl methyl sites for hydroxylation is 2. The highest BCUT2D eigenvalue weighted by Crippen LogP contribution is 2.23. The van der Waals surface area contributed by atoms with Crippen LogP contribution in [0.4, 0.5) is 11.4 Å². The van der Waals surface area contributed by atoms with Crippen LogP contribution in [0.15, 0.2) is 42.5 Å². The predicted octanol–water partition coefficient (Wildman–Crippen LogP) is 3.36. The first-order valence-electron chi connectivity index (χ1n) is 9.39. The third kappa shape index (κ3) is 5.27. The second kappa shape index (κ2) is 9.28. The third-order valence-corrected chi connectivity index (χ3v) is 4.73. The minimum absolute atomic E-state index is 0.0129. The van der Waals surface area contributed by atoms with E-state index >= 15 is 0 Å². The molecule has 0 aliphatic heterocycles. The van der Waals surface area contributed by atoms with Crippen molar-refractivity contribution in [3.63, 3.8) is 0 Å². The molecule has 6 heteroatoms. The molecule has 3 rings (SSSR count). The zero-order valence-corrected chi connectivity index (χ0v) is 15.9. The molecule has 0 radical (unpaired) electrons. The van der Waals surface area contributed by atoms with Gasteiger partial charge in [0.25, 0.3) is 0 Å². The van der Waals surface area contributed by atoms with E-state index < -0.39 is 0 Å². The fourth-order valence-corrected chi connectivity index (χ4v) is 3.31. The lowest BCUT2D eigenvalue weighted by Crippen LogP contribution is -2.17. The average Bonchev–Trinajstić information content (AvgIpc) is 3.15. The Morgan fingerprint density at radius 2 is 1.50 bits per heavy atom. The van der Waals surface area contributed by atoms with Crippen LogP contribution in [0.3, 0.4) is 0 Å². The number of ketones is 1. The summed E-state index contributed by atoms with van der Waals surface area (Å²) in [7, 11) is 1.45. The van der Waals surface area contributed by atoms with E-state index in [1.54, 1.807) is 24.3 Å². The number of carbonyl (C=O) groups excluding carboxylic acids is 3. The summed E-state index contributed by atoms with van der Waals surface area (Å²) in [5, 5.41) is 5.45. The minimum atomic E-state index is -0.246. The molecule has 28 heavy (non-hydrogen) atoms. The predicted molar refractivity (Wildman–Crippen MR) is 108 cm³/mol. The van der Waals surface area contributed by atoms with Gasteiger partial charge in [-0.25, -0.2) is 0 Å². The number of nitrogens with one attached hydrogen (secondary N) is 2. The van der Waals surface area contributed by atoms with Gasteiger partial charge in [-0.3, -0.25) is 14.4 Å². The number of fused-ring (bicyclic) bond motifs is 1. The van der Waals surface area contributed by atoms with E-state index in [-0.39, 0.29) is 37.0 Å². The van der Waals surface area contributed by atoms with Gasteiger partial charge < -0.3 is 15.4 Å². The average molecular weight is 380 g/mol. The van der Waals surface area contributed by atoms with E-state index in [0.717, 1.165) is 19.3 Å². The Morgan fingerprint density at radius 3 is 2.18 bits per heavy atom. The van der Waals surface area contributed by atoms with Crippen LogP contribution in [-0.2, 0) is 27.2 Å². The number of rotatable bonds is 8. The number of carbonyl (C=O) groups is 3. The summed E-state index contributed by atoms with van der Waals surface area (Å²) >= 11 is 0. The van der Waals surface area contributed by atoms with E-state index in [4.69, 9.17) is 4.74 Å². The Labute approximate surface area is 164 Å². The maximum atomic E-state index is 12.4. The minimum Gasteiger partial charge on any atom is -0.375 e. The number of anilines is 2. The van der Waals surface area contributed by atoms with Crippen LogP contribution in [0, 0.1) is 0 Å². The summed E-state index contributed by atoms with van der Waals surface area (Å²) < 4.78 is 4.76. The molecule has 0 atom stereocenters. The second-order valence-electron chi connectivity index (χ2n) is 6.87. The molecule has 2 amide bonds. The van der Waals surface area contributed by atoms with Gasteiger partial charge in [-0.15, -0.1) is 0 Å². The van der Waals surface area contributed by atoms with Gasteiger partial charge in [0.2, 0.25) is 11.8 Å². The Bertz CT molecular complexity index is 875. The van der Waals surface area contributed by atoms with Gasteiger partial charge in [-0.2, -0.15) is 0 Å². The van der Waals surface area contributed by atoms with Crippen LogP contribution in [-0.4, -0.2) is 31.3 Å². The van der Waals surface area contributed by atoms with Gasteiger partial charge >= 0.3 is 0 Å². The topological polar surface area (TPSA) is 84.5 Å². The molecule has 0 unspecified atom stereocenters. The fourth-order valence-electron chi connectivity index (χ4n) is 3.31. The summed E-state index contributed by atoms with van der Waals surface area (Å²) in [6.45, 7) is -0.0171. The van der Waals surface area contributed by atoms with Crippen LogP contribution in [0.1, 0.15) is 40.7 Å². The van der Waals surface area contributed by atoms with E-state index in [1.165, 1.54) is 18.2 Å². The Hall–Kier alpha value is -2.99. The van der Waals surface area contributed by atoms with Crippen molar-refractivity contribution in [2.45, 2.75) is 32.1 Å². The Balaban J connectivity index is 1.47. The van der Waals surface area contributed by atoms with Gasteiger partial charge in [-0.05, 0) is 60.7 Å². The largest absolute Gasteiger partial charge is 0.375 e. The first-order valence-corrected chi connectivity index (χ1v) is 9.39. The highest BCUT2D eigenvalue weighted by Gasteiger charge is 2.15. The molecule has 146 valence electrons. The number of ether oxygens (including phenoxy) is 1. The molecule has 0 saturated carbocycles. The normalized spacial score (nSPS) is 12.3. The van der Waals surface area contributed by atoms with Crippen LogP contribution >= 0.6 is 0 Å². The van der Waals surface area contributed by atoms with E-state index in [9.17, 15) is 14.4 Å². The van der Waals surface area contributed by atoms with Crippen molar-refractivity contribution in [2.24, 2.45) is 0 Å². The van der Waals surface area contributed by atoms with Crippen molar-refractivity contribution in [2.75, 3.05) is 24.4 Å². The first kappa shape index (κ1) is 19.8. The first-order chi connectivity index (χ1) is 13.5. The van der Waals surface area contributed by atoms with E-state index in [1.807, 2.05) is 18.2 Å². The summed E-state index contributed by atoms with van der Waals surface area (Å²) in [5.74, 6) is -0.476. The highest BCUT2D eigenvalue weighted by atomic mass is 16.5. The van der Waals surface area contributed by atoms with Crippen LogP contribution in [0.25, 0.3) is 0 Å². The molecule has 1 aliphatic rings. The molecule has 0 fully saturated rings. The van der Waals surface area contributed by atoms with Crippen LogP contribution in [0.5, 0.6) is 0 Å². The van der Waals surface area contributed by atoms with Gasteiger partial charge in [0.05, 0.1) is 0 Å². The number of Topliss-reactive ketones (excluding diaryl/α,β-unsaturated/α-hetero) is 1. The number of amides is 2. The van der Waals surface area contributed by atoms with Gasteiger partial charge in [0.1, 0.15) is 6.61 Å². The lowest BCUT2D eigenvalue weighted by Gasteiger charge is -2.08. The molecule has 1 aliphatic carbocycles. The molecule has 0 spiro atoms. The lowest BCUT2D eigenvalue weighted by molar-refractivity contribution is -0.119. The number of hydrogen-bond acceptors (Lipinski definition) is 4. The molecule has 0 heterocycles. The number of methoxy groups -OCH3 is 1. The molecular weight excluding hydrogens is 356 g/mol. The van der Waals surface area contributed by atoms with Gasteiger partial charge in [0.15, 0.2) is 5.78 Å². The number of benzene rings is 2. The SMILES string of the molecule is COCC(=O)Nc1ccc(NC(=O)CCC(=O)c2ccc3c(c2)CCC3)cc1. The van der Waals surface area contributed by atoms with Gasteiger partial charge in [0, 0.05) is 36.9 Å². The third-order valence-electron chi connectivity index (χ3n) is 4.73. The standard InChI is InChI=1S/C22H24N2O4/c1-28-14-22(27)24-19-9-7-18(8-10-19)23-21(26)12-11-20(25)17-6-5-15-3-2-4-16(15)13-17/h5-10,13H,2-4,11-12,14H2,1H3,(H,23,26)(H,24,27). The molecule has 0 saturated heterocycles. The zero-order valence-electron chi connectivity index (χ0n) is 15.9. The summed E-state index contributed by atoms with van der Waals surface area (Å²) in [6, 6.07) is 12.6. The van der Waals surface area contributed by atoms with Crippen molar-refractivity contribution < 1.29 is 19.1 Å². The monoisotopic (exact) mass is 380 g/mol. The highest BCUT2D eigenvalue weighted by molar-refractivity contribution is 6.00. The van der Waals surface area contributed by atoms with E-state index in [2.05, 4.69) is 10.6 Å². The molecule has 2 N–H and O–H groups in total. The maximum Gasteiger partial charge on any atom is 0.250 e. The molecular formula is C22H24N2O4. The molecule has 0 bridgehead atoms. The Morgan fingerprint density at radius 1 is 0.857 bits per heavy atom. The molecule has 2 aromatic carbocycles.